The Kier molecular flexibility index (Phi) is 3.15. The van der Waals surface area contributed by atoms with Crippen LogP contribution in [0.25, 0.3) is 0 Å². The van der Waals surface area contributed by atoms with E-state index in [-0.39, 0.29) is 22.7 Å². The zero-order valence-corrected chi connectivity index (χ0v) is 11.5. The molecule has 2 N–H and O–H groups in total. The summed E-state index contributed by atoms with van der Waals surface area (Å²) in [7, 11) is 0. The molecule has 3 unspecified atom stereocenters. The predicted octanol–water partition coefficient (Wildman–Crippen LogP) is 1.73. The normalized spacial score (nSPS) is 29.6. The van der Waals surface area contributed by atoms with E-state index in [9.17, 15) is 9.90 Å². The van der Waals surface area contributed by atoms with Crippen molar-refractivity contribution in [3.63, 3.8) is 0 Å². The number of hydrogen-bond acceptors (Lipinski definition) is 3. The number of nitrogens with zero attached hydrogens (tertiary/aromatic N) is 1. The molecule has 2 aliphatic rings. The molecule has 0 saturated carbocycles. The van der Waals surface area contributed by atoms with Gasteiger partial charge in [-0.1, -0.05) is 11.6 Å². The number of aromatic hydroxyl groups is 1. The zero-order valence-electron chi connectivity index (χ0n) is 10.8. The summed E-state index contributed by atoms with van der Waals surface area (Å²) < 4.78 is 0. The number of amides is 1. The van der Waals surface area contributed by atoms with Crippen molar-refractivity contribution in [1.82, 2.24) is 10.2 Å². The maximum absolute atomic E-state index is 12.5. The van der Waals surface area contributed by atoms with Crippen molar-refractivity contribution in [2.75, 3.05) is 19.6 Å². The molecule has 3 rings (SSSR count). The lowest BCUT2D eigenvalue weighted by atomic mass is 9.95. The molecule has 2 fully saturated rings. The third kappa shape index (κ3) is 2.09. The van der Waals surface area contributed by atoms with Gasteiger partial charge in [0.05, 0.1) is 5.02 Å². The van der Waals surface area contributed by atoms with Gasteiger partial charge in [0.1, 0.15) is 5.75 Å². The van der Waals surface area contributed by atoms with E-state index in [1.54, 1.807) is 6.07 Å². The standard InChI is InChI=1S/C14H17ClN2O2/c1-8-11-6-16-5-10(11)7-17(8)14(19)9-2-3-13(18)12(15)4-9/h2-4,8,10-11,16,18H,5-7H2,1H3. The Morgan fingerprint density at radius 3 is 2.95 bits per heavy atom. The molecular formula is C14H17ClN2O2. The van der Waals surface area contributed by atoms with Crippen molar-refractivity contribution in [2.45, 2.75) is 13.0 Å². The van der Waals surface area contributed by atoms with Gasteiger partial charge in [-0.3, -0.25) is 4.79 Å². The lowest BCUT2D eigenvalue weighted by Crippen LogP contribution is -2.38. The fourth-order valence-corrected chi connectivity index (χ4v) is 3.42. The minimum atomic E-state index is 0.00352. The highest BCUT2D eigenvalue weighted by Gasteiger charge is 2.43. The number of halogens is 1. The largest absolute Gasteiger partial charge is 0.506 e. The predicted molar refractivity (Wildman–Crippen MR) is 73.5 cm³/mol. The first kappa shape index (κ1) is 12.8. The molecule has 3 atom stereocenters. The molecule has 5 heteroatoms. The molecule has 19 heavy (non-hydrogen) atoms. The van der Waals surface area contributed by atoms with Crippen molar-refractivity contribution in [2.24, 2.45) is 11.8 Å². The van der Waals surface area contributed by atoms with Gasteiger partial charge >= 0.3 is 0 Å². The molecule has 102 valence electrons. The molecule has 0 bridgehead atoms. The second-order valence-corrected chi connectivity index (χ2v) is 5.85. The summed E-state index contributed by atoms with van der Waals surface area (Å²) in [6.45, 7) is 4.90. The number of benzene rings is 1. The van der Waals surface area contributed by atoms with Gasteiger partial charge in [0.2, 0.25) is 0 Å². The van der Waals surface area contributed by atoms with Crippen LogP contribution < -0.4 is 5.32 Å². The number of rotatable bonds is 1. The summed E-state index contributed by atoms with van der Waals surface area (Å²) in [5.41, 5.74) is 0.544. The van der Waals surface area contributed by atoms with Gasteiger partial charge in [0.25, 0.3) is 5.91 Å². The molecule has 0 radical (unpaired) electrons. The van der Waals surface area contributed by atoms with E-state index < -0.39 is 0 Å². The van der Waals surface area contributed by atoms with E-state index in [2.05, 4.69) is 12.2 Å². The number of carbonyl (C=O) groups excluding carboxylic acids is 1. The number of phenolic OH excluding ortho intramolecular Hbond substituents is 1. The zero-order chi connectivity index (χ0) is 13.6. The SMILES string of the molecule is CC1C2CNCC2CN1C(=O)c1ccc(O)c(Cl)c1. The fraction of sp³-hybridized carbons (Fsp3) is 0.500. The molecule has 2 saturated heterocycles. The molecular weight excluding hydrogens is 264 g/mol. The molecule has 0 spiro atoms. The van der Waals surface area contributed by atoms with E-state index in [0.29, 0.717) is 17.4 Å². The van der Waals surface area contributed by atoms with Gasteiger partial charge in [0.15, 0.2) is 0 Å². The Balaban J connectivity index is 1.82. The maximum atomic E-state index is 12.5. The Bertz CT molecular complexity index is 520. The highest BCUT2D eigenvalue weighted by atomic mass is 35.5. The first-order valence-electron chi connectivity index (χ1n) is 6.58. The van der Waals surface area contributed by atoms with Gasteiger partial charge in [-0.15, -0.1) is 0 Å². The highest BCUT2D eigenvalue weighted by molar-refractivity contribution is 6.32. The monoisotopic (exact) mass is 280 g/mol. The van der Waals surface area contributed by atoms with Crippen LogP contribution in [0.3, 0.4) is 0 Å². The average molecular weight is 281 g/mol. The van der Waals surface area contributed by atoms with Gasteiger partial charge in [0, 0.05) is 31.2 Å². The van der Waals surface area contributed by atoms with Crippen molar-refractivity contribution in [1.29, 1.82) is 0 Å². The molecule has 1 amide bonds. The van der Waals surface area contributed by atoms with Crippen LogP contribution in [-0.2, 0) is 0 Å². The molecule has 2 heterocycles. The van der Waals surface area contributed by atoms with Crippen LogP contribution in [-0.4, -0.2) is 41.6 Å². The second-order valence-electron chi connectivity index (χ2n) is 5.45. The van der Waals surface area contributed by atoms with Gasteiger partial charge in [-0.25, -0.2) is 0 Å². The average Bonchev–Trinajstić information content (AvgIpc) is 2.95. The summed E-state index contributed by atoms with van der Waals surface area (Å²) in [5.74, 6) is 1.13. The number of phenols is 1. The lowest BCUT2D eigenvalue weighted by molar-refractivity contribution is 0.0728. The van der Waals surface area contributed by atoms with E-state index >= 15 is 0 Å². The molecule has 0 aromatic heterocycles. The minimum absolute atomic E-state index is 0.00352. The maximum Gasteiger partial charge on any atom is 0.254 e. The molecule has 0 aliphatic carbocycles. The van der Waals surface area contributed by atoms with Crippen molar-refractivity contribution in [3.05, 3.63) is 28.8 Å². The van der Waals surface area contributed by atoms with Gasteiger partial charge < -0.3 is 15.3 Å². The summed E-state index contributed by atoms with van der Waals surface area (Å²) in [4.78, 5) is 14.4. The number of nitrogens with one attached hydrogen (secondary N) is 1. The van der Waals surface area contributed by atoms with Crippen LogP contribution in [0, 0.1) is 11.8 Å². The van der Waals surface area contributed by atoms with Crippen LogP contribution in [0.4, 0.5) is 0 Å². The highest BCUT2D eigenvalue weighted by Crippen LogP contribution is 2.34. The van der Waals surface area contributed by atoms with Crippen LogP contribution in [0.1, 0.15) is 17.3 Å². The quantitative estimate of drug-likeness (QED) is 0.824. The first-order valence-corrected chi connectivity index (χ1v) is 6.96. The Hall–Kier alpha value is -1.26. The molecule has 2 aliphatic heterocycles. The molecule has 1 aromatic carbocycles. The number of hydrogen-bond donors (Lipinski definition) is 2. The topological polar surface area (TPSA) is 52.6 Å². The number of carbonyl (C=O) groups is 1. The van der Waals surface area contributed by atoms with Crippen LogP contribution in [0.2, 0.25) is 5.02 Å². The summed E-state index contributed by atoms with van der Waals surface area (Å²) in [6.07, 6.45) is 0. The van der Waals surface area contributed by atoms with E-state index in [1.807, 2.05) is 4.90 Å². The van der Waals surface area contributed by atoms with Gasteiger partial charge in [-0.2, -0.15) is 0 Å². The van der Waals surface area contributed by atoms with Crippen LogP contribution >= 0.6 is 11.6 Å². The van der Waals surface area contributed by atoms with E-state index in [1.165, 1.54) is 12.1 Å². The third-order valence-electron chi connectivity index (χ3n) is 4.39. The van der Waals surface area contributed by atoms with Gasteiger partial charge in [-0.05, 0) is 37.0 Å². The van der Waals surface area contributed by atoms with Crippen molar-refractivity contribution < 1.29 is 9.90 Å². The van der Waals surface area contributed by atoms with E-state index in [4.69, 9.17) is 11.6 Å². The molecule has 1 aromatic rings. The summed E-state index contributed by atoms with van der Waals surface area (Å²) in [6, 6.07) is 4.89. The smallest absolute Gasteiger partial charge is 0.254 e. The Morgan fingerprint density at radius 1 is 1.47 bits per heavy atom. The van der Waals surface area contributed by atoms with E-state index in [0.717, 1.165) is 19.6 Å². The summed E-state index contributed by atoms with van der Waals surface area (Å²) in [5, 5.41) is 13.0. The first-order chi connectivity index (χ1) is 9.08. The lowest BCUT2D eigenvalue weighted by Gasteiger charge is -2.24. The third-order valence-corrected chi connectivity index (χ3v) is 4.69. The molecule has 4 nitrogen and oxygen atoms in total. The Morgan fingerprint density at radius 2 is 2.26 bits per heavy atom. The second kappa shape index (κ2) is 4.69. The van der Waals surface area contributed by atoms with Crippen LogP contribution in [0.5, 0.6) is 5.75 Å². The number of fused-ring (bicyclic) bond motifs is 1. The minimum Gasteiger partial charge on any atom is -0.506 e. The van der Waals surface area contributed by atoms with Crippen molar-refractivity contribution in [3.8, 4) is 5.75 Å². The Labute approximate surface area is 117 Å². The number of likely N-dealkylation sites (tertiary alicyclic amines) is 1. The summed E-state index contributed by atoms with van der Waals surface area (Å²) >= 11 is 5.87. The fourth-order valence-electron chi connectivity index (χ4n) is 3.24. The van der Waals surface area contributed by atoms with Crippen LogP contribution in [0.15, 0.2) is 18.2 Å². The van der Waals surface area contributed by atoms with Crippen molar-refractivity contribution >= 4 is 17.5 Å².